The van der Waals surface area contributed by atoms with Gasteiger partial charge in [-0.3, -0.25) is 52.7 Å². The largest absolute Gasteiger partial charge is 0.508 e. The standard InChI is InChI=1S/C43H65N11O13S2/c1-5-22(4)35-42(66)48-26(12-13-34(58)59)38(62)50-29(17-32(45)56)39(63)52-30(20-69-68-19-25(44)36(60)49-28(40(64)53-35)16-23-8-10-24(55)11-9-23)43(67)54-14-6-7-31(54)41(65)51-27(15-21(2)3)37(61)47-18-33(46)57/h8-11,21-22,25-31,35,55H,5-7,12-20,44H2,1-4H3,(H2,45,56)(H2,46,57)(H,47,61)(H,48,66)(H,49,60)(H,50,62)(H,51,65)(H,52,63)(H,53,64)(H,58,59)/t22-,25-,26?,27-,28?,29-,30?,31-,35-/m0/s1. The number of aromatic hydroxyl groups is 1. The molecule has 10 amide bonds. The van der Waals surface area contributed by atoms with E-state index in [1.807, 2.05) is 13.8 Å². The van der Waals surface area contributed by atoms with Crippen molar-refractivity contribution in [2.75, 3.05) is 24.6 Å². The first-order valence-electron chi connectivity index (χ1n) is 22.5. The molecule has 2 heterocycles. The van der Waals surface area contributed by atoms with Crippen LogP contribution in [0.25, 0.3) is 0 Å². The van der Waals surface area contributed by atoms with E-state index in [-0.39, 0.29) is 49.0 Å². The van der Waals surface area contributed by atoms with Gasteiger partial charge in [-0.1, -0.05) is 67.8 Å². The van der Waals surface area contributed by atoms with Gasteiger partial charge in [-0.15, -0.1) is 0 Å². The van der Waals surface area contributed by atoms with Gasteiger partial charge in [-0.25, -0.2) is 0 Å². The van der Waals surface area contributed by atoms with Crippen LogP contribution in [0, 0.1) is 11.8 Å². The number of phenolic OH excluding ortho intramolecular Hbond substituents is 1. The number of hydrogen-bond acceptors (Lipinski definition) is 15. The predicted molar refractivity (Wildman–Crippen MR) is 253 cm³/mol. The summed E-state index contributed by atoms with van der Waals surface area (Å²) in [7, 11) is 2.02. The van der Waals surface area contributed by atoms with Crippen molar-refractivity contribution in [3.8, 4) is 5.75 Å². The molecule has 0 bridgehead atoms. The molecule has 0 aliphatic carbocycles. The molecule has 2 saturated heterocycles. The molecule has 0 spiro atoms. The number of carbonyl (C=O) groups is 11. The number of nitrogens with zero attached hydrogens (tertiary/aromatic N) is 1. The van der Waals surface area contributed by atoms with Crippen LogP contribution in [0.15, 0.2) is 24.3 Å². The third-order valence-corrected chi connectivity index (χ3v) is 13.7. The molecule has 3 rings (SSSR count). The molecule has 24 nitrogen and oxygen atoms in total. The number of rotatable bonds is 17. The van der Waals surface area contributed by atoms with Crippen molar-refractivity contribution in [2.45, 2.75) is 127 Å². The lowest BCUT2D eigenvalue weighted by Crippen LogP contribution is -2.61. The summed E-state index contributed by atoms with van der Waals surface area (Å²) in [6, 6.07) is -5.29. The zero-order chi connectivity index (χ0) is 51.5. The average molecular weight is 1010 g/mol. The molecule has 0 radical (unpaired) electrons. The normalized spacial score (nSPS) is 24.3. The van der Waals surface area contributed by atoms with Crippen LogP contribution in [0.5, 0.6) is 5.75 Å². The third-order valence-electron chi connectivity index (χ3n) is 11.3. The zero-order valence-electron chi connectivity index (χ0n) is 38.9. The molecule has 2 aliphatic rings. The second kappa shape index (κ2) is 27.7. The Hall–Kier alpha value is -6.15. The van der Waals surface area contributed by atoms with Gasteiger partial charge in [0.1, 0.15) is 48.0 Å². The fourth-order valence-corrected chi connectivity index (χ4v) is 9.60. The first-order valence-corrected chi connectivity index (χ1v) is 25.0. The third kappa shape index (κ3) is 18.7. The van der Waals surface area contributed by atoms with Crippen LogP contribution in [0.1, 0.15) is 78.2 Å². The summed E-state index contributed by atoms with van der Waals surface area (Å²) in [5.74, 6) is -11.2. The van der Waals surface area contributed by atoms with E-state index >= 15 is 0 Å². The van der Waals surface area contributed by atoms with E-state index in [1.54, 1.807) is 13.8 Å². The molecular formula is C43H65N11O13S2. The van der Waals surface area contributed by atoms with Crippen LogP contribution in [-0.2, 0) is 59.2 Å². The second-order valence-corrected chi connectivity index (χ2v) is 19.9. The Morgan fingerprint density at radius 2 is 1.42 bits per heavy atom. The van der Waals surface area contributed by atoms with Crippen LogP contribution >= 0.6 is 21.6 Å². The lowest BCUT2D eigenvalue weighted by Gasteiger charge is -2.31. The van der Waals surface area contributed by atoms with Gasteiger partial charge in [-0.2, -0.15) is 0 Å². The molecule has 2 aliphatic heterocycles. The predicted octanol–water partition coefficient (Wildman–Crippen LogP) is -3.01. The van der Waals surface area contributed by atoms with E-state index < -0.39 is 145 Å². The minimum Gasteiger partial charge on any atom is -0.508 e. The molecule has 1 aromatic rings. The number of aliphatic carboxylic acids is 1. The van der Waals surface area contributed by atoms with Crippen molar-refractivity contribution in [3.63, 3.8) is 0 Å². The number of primary amides is 2. The number of amides is 10. The molecule has 2 fully saturated rings. The van der Waals surface area contributed by atoms with E-state index in [2.05, 4.69) is 37.2 Å². The topological polar surface area (TPSA) is 394 Å². The van der Waals surface area contributed by atoms with Gasteiger partial charge in [0.25, 0.3) is 0 Å². The average Bonchev–Trinajstić information content (AvgIpc) is 3.78. The van der Waals surface area contributed by atoms with Crippen molar-refractivity contribution >= 4 is 86.6 Å². The highest BCUT2D eigenvalue weighted by Gasteiger charge is 2.41. The minimum atomic E-state index is -1.78. The zero-order valence-corrected chi connectivity index (χ0v) is 40.6. The van der Waals surface area contributed by atoms with Gasteiger partial charge in [0.15, 0.2) is 0 Å². The van der Waals surface area contributed by atoms with E-state index in [1.165, 1.54) is 29.2 Å². The van der Waals surface area contributed by atoms with Crippen molar-refractivity contribution in [2.24, 2.45) is 29.0 Å². The molecule has 9 atom stereocenters. The monoisotopic (exact) mass is 1010 g/mol. The molecule has 3 unspecified atom stereocenters. The number of carbonyl (C=O) groups excluding carboxylic acids is 10. The van der Waals surface area contributed by atoms with Gasteiger partial charge >= 0.3 is 5.97 Å². The molecule has 69 heavy (non-hydrogen) atoms. The van der Waals surface area contributed by atoms with E-state index in [0.717, 1.165) is 21.6 Å². The van der Waals surface area contributed by atoms with Crippen LogP contribution in [-0.4, -0.2) is 153 Å². The lowest BCUT2D eigenvalue weighted by molar-refractivity contribution is -0.142. The fourth-order valence-electron chi connectivity index (χ4n) is 7.32. The van der Waals surface area contributed by atoms with Crippen molar-refractivity contribution in [1.29, 1.82) is 0 Å². The molecule has 382 valence electrons. The van der Waals surface area contributed by atoms with Crippen molar-refractivity contribution in [1.82, 2.24) is 42.1 Å². The molecule has 15 N–H and O–H groups in total. The number of phenols is 1. The van der Waals surface area contributed by atoms with Crippen molar-refractivity contribution in [3.05, 3.63) is 29.8 Å². The van der Waals surface area contributed by atoms with Crippen LogP contribution in [0.4, 0.5) is 0 Å². The maximum atomic E-state index is 14.5. The highest BCUT2D eigenvalue weighted by Crippen LogP contribution is 2.26. The number of nitrogens with two attached hydrogens (primary N) is 3. The minimum absolute atomic E-state index is 0.0395. The van der Waals surface area contributed by atoms with Gasteiger partial charge in [-0.05, 0) is 55.2 Å². The number of benzene rings is 1. The van der Waals surface area contributed by atoms with Crippen LogP contribution in [0.3, 0.4) is 0 Å². The number of nitrogens with one attached hydrogen (secondary N) is 7. The summed E-state index contributed by atoms with van der Waals surface area (Å²) in [5, 5.41) is 37.1. The molecule has 1 aromatic carbocycles. The van der Waals surface area contributed by atoms with E-state index in [0.29, 0.717) is 18.4 Å². The Morgan fingerprint density at radius 3 is 2.03 bits per heavy atom. The van der Waals surface area contributed by atoms with Crippen molar-refractivity contribution < 1.29 is 63.0 Å². The Balaban J connectivity index is 2.05. The van der Waals surface area contributed by atoms with Gasteiger partial charge in [0.05, 0.1) is 19.0 Å². The number of carboxylic acid groups (broad SMARTS) is 1. The van der Waals surface area contributed by atoms with E-state index in [4.69, 9.17) is 17.2 Å². The summed E-state index contributed by atoms with van der Waals surface area (Å²) in [5.41, 5.74) is 17.5. The molecular weight excluding hydrogens is 943 g/mol. The Labute approximate surface area is 407 Å². The SMILES string of the molecule is CC[C@H](C)[C@@H]1NC(=O)C(Cc2ccc(O)cc2)NC(=O)[C@@H](N)CSSCC(C(=O)N2CCC[C@H]2C(=O)N[C@@H](CC(C)C)C(=O)NCC(N)=O)NC(=O)[C@H](CC(N)=O)NC(=O)C(CCC(=O)O)NC1=O. The quantitative estimate of drug-likeness (QED) is 0.0692. The van der Waals surface area contributed by atoms with Gasteiger partial charge < -0.3 is 69.5 Å². The molecule has 0 aromatic heterocycles. The smallest absolute Gasteiger partial charge is 0.303 e. The fraction of sp³-hybridized carbons (Fsp3) is 0.605. The number of hydrogen-bond donors (Lipinski definition) is 12. The van der Waals surface area contributed by atoms with Crippen LogP contribution < -0.4 is 54.4 Å². The number of likely N-dealkylation sites (tertiary alicyclic amines) is 1. The summed E-state index contributed by atoms with van der Waals surface area (Å²) in [4.78, 5) is 148. The number of carboxylic acids is 1. The Kier molecular flexibility index (Phi) is 23.0. The van der Waals surface area contributed by atoms with Gasteiger partial charge in [0.2, 0.25) is 59.1 Å². The molecule has 0 saturated carbocycles. The van der Waals surface area contributed by atoms with Crippen LogP contribution in [0.2, 0.25) is 0 Å². The highest BCUT2D eigenvalue weighted by molar-refractivity contribution is 8.76. The Morgan fingerprint density at radius 1 is 0.812 bits per heavy atom. The Bertz CT molecular complexity index is 2050. The van der Waals surface area contributed by atoms with E-state index in [9.17, 15) is 63.0 Å². The second-order valence-electron chi connectivity index (χ2n) is 17.3. The maximum absolute atomic E-state index is 14.5. The summed E-state index contributed by atoms with van der Waals surface area (Å²) >= 11 is 0. The summed E-state index contributed by atoms with van der Waals surface area (Å²) in [6.07, 6.45) is -1.12. The first-order chi connectivity index (χ1) is 32.5. The van der Waals surface area contributed by atoms with Gasteiger partial charge in [0, 0.05) is 30.9 Å². The summed E-state index contributed by atoms with van der Waals surface area (Å²) < 4.78 is 0. The maximum Gasteiger partial charge on any atom is 0.303 e. The lowest BCUT2D eigenvalue weighted by atomic mass is 9.96. The first kappa shape index (κ1) is 57.2. The summed E-state index contributed by atoms with van der Waals surface area (Å²) in [6.45, 7) is 6.54. The molecule has 26 heteroatoms. The highest BCUT2D eigenvalue weighted by atomic mass is 33.1.